The fraction of sp³-hybridized carbons (Fsp3) is 0.333. The maximum absolute atomic E-state index is 12.0. The molecule has 0 aliphatic heterocycles. The summed E-state index contributed by atoms with van der Waals surface area (Å²) >= 11 is 0. The van der Waals surface area contributed by atoms with Gasteiger partial charge in [-0.3, -0.25) is 9.59 Å². The molecular formula is C15H19N3O2. The van der Waals surface area contributed by atoms with Crippen LogP contribution in [0.4, 0.5) is 0 Å². The summed E-state index contributed by atoms with van der Waals surface area (Å²) in [6.45, 7) is 4.08. The van der Waals surface area contributed by atoms with Crippen molar-refractivity contribution >= 4 is 22.7 Å². The standard InChI is InChI=1S/C15H19N3O2/c1-3-16-15(20)10(2)18-14(19)8-11-9-17-13-7-5-4-6-12(11)13/h4-7,9-10,17H,3,8H2,1-2H3,(H,16,20)(H,18,19). The molecule has 5 nitrogen and oxygen atoms in total. The average molecular weight is 273 g/mol. The van der Waals surface area contributed by atoms with Gasteiger partial charge in [-0.2, -0.15) is 0 Å². The number of likely N-dealkylation sites (N-methyl/N-ethyl adjacent to an activating group) is 1. The summed E-state index contributed by atoms with van der Waals surface area (Å²) in [5, 5.41) is 6.42. The number of carbonyl (C=O) groups is 2. The van der Waals surface area contributed by atoms with E-state index in [1.165, 1.54) is 0 Å². The minimum Gasteiger partial charge on any atom is -0.361 e. The van der Waals surface area contributed by atoms with Crippen molar-refractivity contribution in [1.82, 2.24) is 15.6 Å². The third-order valence-electron chi connectivity index (χ3n) is 3.15. The SMILES string of the molecule is CCNC(=O)C(C)NC(=O)Cc1c[nH]c2ccccc12. The van der Waals surface area contributed by atoms with Gasteiger partial charge in [-0.05, 0) is 25.5 Å². The first-order chi connectivity index (χ1) is 9.61. The third kappa shape index (κ3) is 3.17. The number of amides is 2. The molecule has 0 aliphatic carbocycles. The van der Waals surface area contributed by atoms with Crippen LogP contribution in [0.15, 0.2) is 30.5 Å². The van der Waals surface area contributed by atoms with Crippen LogP contribution in [0.3, 0.4) is 0 Å². The van der Waals surface area contributed by atoms with Gasteiger partial charge in [0.1, 0.15) is 6.04 Å². The molecule has 5 heteroatoms. The molecule has 1 atom stereocenters. The molecule has 0 spiro atoms. The molecule has 2 rings (SSSR count). The number of fused-ring (bicyclic) bond motifs is 1. The minimum atomic E-state index is -0.521. The van der Waals surface area contributed by atoms with Crippen LogP contribution in [-0.2, 0) is 16.0 Å². The predicted octanol–water partition coefficient (Wildman–Crippen LogP) is 1.35. The van der Waals surface area contributed by atoms with Crippen LogP contribution in [-0.4, -0.2) is 29.4 Å². The molecule has 0 saturated heterocycles. The number of rotatable bonds is 5. The number of aromatic amines is 1. The van der Waals surface area contributed by atoms with Crippen molar-refractivity contribution < 1.29 is 9.59 Å². The molecule has 0 radical (unpaired) electrons. The summed E-state index contributed by atoms with van der Waals surface area (Å²) in [7, 11) is 0. The maximum atomic E-state index is 12.0. The Labute approximate surface area is 117 Å². The van der Waals surface area contributed by atoms with E-state index in [1.54, 1.807) is 6.92 Å². The molecule has 1 unspecified atom stereocenters. The topological polar surface area (TPSA) is 74.0 Å². The zero-order chi connectivity index (χ0) is 14.5. The third-order valence-corrected chi connectivity index (χ3v) is 3.15. The summed E-state index contributed by atoms with van der Waals surface area (Å²) < 4.78 is 0. The molecule has 106 valence electrons. The van der Waals surface area contributed by atoms with Gasteiger partial charge in [-0.25, -0.2) is 0 Å². The minimum absolute atomic E-state index is 0.159. The molecule has 0 aliphatic rings. The quantitative estimate of drug-likeness (QED) is 0.769. The van der Waals surface area contributed by atoms with E-state index < -0.39 is 6.04 Å². The highest BCUT2D eigenvalue weighted by molar-refractivity contribution is 5.91. The second-order valence-corrected chi connectivity index (χ2v) is 4.72. The van der Waals surface area contributed by atoms with E-state index in [-0.39, 0.29) is 18.2 Å². The lowest BCUT2D eigenvalue weighted by atomic mass is 10.1. The van der Waals surface area contributed by atoms with Crippen molar-refractivity contribution in [3.63, 3.8) is 0 Å². The lowest BCUT2D eigenvalue weighted by molar-refractivity contribution is -0.128. The van der Waals surface area contributed by atoms with Gasteiger partial charge < -0.3 is 15.6 Å². The highest BCUT2D eigenvalue weighted by atomic mass is 16.2. The number of carbonyl (C=O) groups excluding carboxylic acids is 2. The van der Waals surface area contributed by atoms with E-state index in [1.807, 2.05) is 37.4 Å². The number of H-pyrrole nitrogens is 1. The Balaban J connectivity index is 1.99. The lowest BCUT2D eigenvalue weighted by Gasteiger charge is -2.13. The number of benzene rings is 1. The Hall–Kier alpha value is -2.30. The number of para-hydroxylation sites is 1. The smallest absolute Gasteiger partial charge is 0.242 e. The van der Waals surface area contributed by atoms with Gasteiger partial charge in [0.2, 0.25) is 11.8 Å². The number of nitrogens with one attached hydrogen (secondary N) is 3. The summed E-state index contributed by atoms with van der Waals surface area (Å²) in [6, 6.07) is 7.30. The normalized spacial score (nSPS) is 12.1. The second kappa shape index (κ2) is 6.23. The molecule has 1 aromatic carbocycles. The lowest BCUT2D eigenvalue weighted by Crippen LogP contribution is -2.45. The summed E-state index contributed by atoms with van der Waals surface area (Å²) in [5.41, 5.74) is 1.94. The predicted molar refractivity (Wildman–Crippen MR) is 78.3 cm³/mol. The zero-order valence-electron chi connectivity index (χ0n) is 11.7. The van der Waals surface area contributed by atoms with Crippen LogP contribution >= 0.6 is 0 Å². The van der Waals surface area contributed by atoms with Crippen LogP contribution in [0, 0.1) is 0 Å². The average Bonchev–Trinajstić information content (AvgIpc) is 2.82. The van der Waals surface area contributed by atoms with Crippen LogP contribution in [0.1, 0.15) is 19.4 Å². The van der Waals surface area contributed by atoms with Gasteiger partial charge in [0.05, 0.1) is 6.42 Å². The summed E-state index contributed by atoms with van der Waals surface area (Å²) in [6.07, 6.45) is 2.09. The highest BCUT2D eigenvalue weighted by Crippen LogP contribution is 2.17. The molecule has 20 heavy (non-hydrogen) atoms. The Morgan fingerprint density at radius 1 is 1.30 bits per heavy atom. The van der Waals surface area contributed by atoms with Crippen LogP contribution in [0.2, 0.25) is 0 Å². The van der Waals surface area contributed by atoms with E-state index in [9.17, 15) is 9.59 Å². The summed E-state index contributed by atoms with van der Waals surface area (Å²) in [5.74, 6) is -0.326. The van der Waals surface area contributed by atoms with E-state index in [0.29, 0.717) is 6.54 Å². The van der Waals surface area contributed by atoms with Crippen LogP contribution in [0.5, 0.6) is 0 Å². The molecule has 0 fully saturated rings. The van der Waals surface area contributed by atoms with Crippen molar-refractivity contribution in [1.29, 1.82) is 0 Å². The van der Waals surface area contributed by atoms with E-state index >= 15 is 0 Å². The molecule has 2 aromatic rings. The first-order valence-electron chi connectivity index (χ1n) is 6.74. The van der Waals surface area contributed by atoms with Gasteiger partial charge in [0.15, 0.2) is 0 Å². The molecule has 0 bridgehead atoms. The van der Waals surface area contributed by atoms with Crippen molar-refractivity contribution in [3.8, 4) is 0 Å². The Bertz CT molecular complexity index is 618. The molecule has 3 N–H and O–H groups in total. The molecule has 1 heterocycles. The van der Waals surface area contributed by atoms with Gasteiger partial charge in [0, 0.05) is 23.6 Å². The molecule has 1 aromatic heterocycles. The Morgan fingerprint density at radius 3 is 2.80 bits per heavy atom. The van der Waals surface area contributed by atoms with Gasteiger partial charge in [0.25, 0.3) is 0 Å². The van der Waals surface area contributed by atoms with E-state index in [0.717, 1.165) is 16.5 Å². The zero-order valence-corrected chi connectivity index (χ0v) is 11.7. The van der Waals surface area contributed by atoms with Crippen molar-refractivity contribution in [2.75, 3.05) is 6.54 Å². The van der Waals surface area contributed by atoms with Gasteiger partial charge in [-0.15, -0.1) is 0 Å². The Kier molecular flexibility index (Phi) is 4.40. The van der Waals surface area contributed by atoms with Crippen molar-refractivity contribution in [2.45, 2.75) is 26.3 Å². The number of hydrogen-bond donors (Lipinski definition) is 3. The fourth-order valence-electron chi connectivity index (χ4n) is 2.14. The van der Waals surface area contributed by atoms with Crippen LogP contribution in [0.25, 0.3) is 10.9 Å². The van der Waals surface area contributed by atoms with Crippen molar-refractivity contribution in [2.24, 2.45) is 0 Å². The maximum Gasteiger partial charge on any atom is 0.242 e. The van der Waals surface area contributed by atoms with Gasteiger partial charge in [-0.1, -0.05) is 18.2 Å². The summed E-state index contributed by atoms with van der Waals surface area (Å²) in [4.78, 5) is 26.7. The monoisotopic (exact) mass is 273 g/mol. The van der Waals surface area contributed by atoms with Crippen molar-refractivity contribution in [3.05, 3.63) is 36.0 Å². The van der Waals surface area contributed by atoms with Crippen LogP contribution < -0.4 is 10.6 Å². The molecule has 0 saturated carbocycles. The fourth-order valence-corrected chi connectivity index (χ4v) is 2.14. The number of hydrogen-bond acceptors (Lipinski definition) is 2. The van der Waals surface area contributed by atoms with E-state index in [4.69, 9.17) is 0 Å². The van der Waals surface area contributed by atoms with E-state index in [2.05, 4.69) is 15.6 Å². The first-order valence-corrected chi connectivity index (χ1v) is 6.74. The highest BCUT2D eigenvalue weighted by Gasteiger charge is 2.15. The molecular weight excluding hydrogens is 254 g/mol. The second-order valence-electron chi connectivity index (χ2n) is 4.72. The largest absolute Gasteiger partial charge is 0.361 e. The Morgan fingerprint density at radius 2 is 2.05 bits per heavy atom. The number of aromatic nitrogens is 1. The first kappa shape index (κ1) is 14.1. The molecule has 2 amide bonds. The van der Waals surface area contributed by atoms with Gasteiger partial charge >= 0.3 is 0 Å².